The maximum atomic E-state index is 15.1. The molecule has 1 aromatic heterocycles. The molecule has 0 radical (unpaired) electrons. The molecule has 2 heterocycles. The lowest BCUT2D eigenvalue weighted by molar-refractivity contribution is 0.0753. The fraction of sp³-hybridized carbons (Fsp3) is 0.308. The van der Waals surface area contributed by atoms with Crippen LogP contribution in [0.25, 0.3) is 0 Å². The Morgan fingerprint density at radius 3 is 2.68 bits per heavy atom. The highest BCUT2D eigenvalue weighted by Crippen LogP contribution is 2.29. The molecule has 0 fully saturated rings. The van der Waals surface area contributed by atoms with Gasteiger partial charge in [0.15, 0.2) is 0 Å². The Morgan fingerprint density at radius 2 is 1.91 bits per heavy atom. The van der Waals surface area contributed by atoms with E-state index in [1.54, 1.807) is 53.6 Å². The van der Waals surface area contributed by atoms with Gasteiger partial charge in [-0.25, -0.2) is 13.8 Å². The van der Waals surface area contributed by atoms with Gasteiger partial charge in [-0.1, -0.05) is 24.3 Å². The van der Waals surface area contributed by atoms with Gasteiger partial charge >= 0.3 is 0 Å². The zero-order valence-electron chi connectivity index (χ0n) is 19.3. The van der Waals surface area contributed by atoms with Crippen molar-refractivity contribution in [2.45, 2.75) is 19.1 Å². The highest BCUT2D eigenvalue weighted by Gasteiger charge is 2.26. The summed E-state index contributed by atoms with van der Waals surface area (Å²) in [6.45, 7) is 1.78. The molecule has 1 unspecified atom stereocenters. The van der Waals surface area contributed by atoms with Crippen molar-refractivity contribution in [1.29, 1.82) is 0 Å². The predicted octanol–water partition coefficient (Wildman–Crippen LogP) is 4.18. The van der Waals surface area contributed by atoms with Crippen LogP contribution in [0.4, 0.5) is 14.6 Å². The van der Waals surface area contributed by atoms with Crippen LogP contribution in [0.15, 0.2) is 60.8 Å². The van der Waals surface area contributed by atoms with Crippen LogP contribution >= 0.6 is 0 Å². The van der Waals surface area contributed by atoms with Crippen LogP contribution in [-0.2, 0) is 6.54 Å². The van der Waals surface area contributed by atoms with Crippen LogP contribution in [-0.4, -0.2) is 49.5 Å². The topological polar surface area (TPSA) is 57.7 Å². The molecule has 1 atom stereocenters. The smallest absolute Gasteiger partial charge is 0.257 e. The number of pyridine rings is 1. The number of benzene rings is 2. The highest BCUT2D eigenvalue weighted by atomic mass is 19.1. The van der Waals surface area contributed by atoms with E-state index in [9.17, 15) is 9.18 Å². The Morgan fingerprint density at radius 1 is 1.09 bits per heavy atom. The Bertz CT molecular complexity index is 1160. The van der Waals surface area contributed by atoms with E-state index in [0.717, 1.165) is 0 Å². The summed E-state index contributed by atoms with van der Waals surface area (Å²) in [7, 11) is 3.69. The molecule has 0 bridgehead atoms. The molecule has 8 heteroatoms. The standard InChI is InChI=1S/C26H28F2N4O2/c1-29-13-11-24(20-6-3-4-8-22(20)27)34-19-10-9-18(23(28)16-19)17-32-15-14-31(2)25-21(26(32)33)7-5-12-30-25/h3-10,12,16,24,29H,11,13-15,17H2,1-2H3. The molecule has 0 saturated carbocycles. The first kappa shape index (κ1) is 23.6. The molecule has 178 valence electrons. The van der Waals surface area contributed by atoms with E-state index in [-0.39, 0.29) is 18.3 Å². The monoisotopic (exact) mass is 466 g/mol. The number of nitrogens with zero attached hydrogens (tertiary/aromatic N) is 3. The lowest BCUT2D eigenvalue weighted by atomic mass is 10.1. The molecule has 1 aliphatic heterocycles. The average Bonchev–Trinajstić information content (AvgIpc) is 2.96. The Labute approximate surface area is 198 Å². The van der Waals surface area contributed by atoms with Crippen molar-refractivity contribution < 1.29 is 18.3 Å². The Hall–Kier alpha value is -3.52. The summed E-state index contributed by atoms with van der Waals surface area (Å²) in [6.07, 6.45) is 1.61. The summed E-state index contributed by atoms with van der Waals surface area (Å²) in [6, 6.07) is 14.5. The molecule has 0 aliphatic carbocycles. The van der Waals surface area contributed by atoms with Crippen molar-refractivity contribution >= 4 is 11.7 Å². The quantitative estimate of drug-likeness (QED) is 0.540. The van der Waals surface area contributed by atoms with Gasteiger partial charge in [0.25, 0.3) is 5.91 Å². The van der Waals surface area contributed by atoms with Gasteiger partial charge < -0.3 is 19.9 Å². The van der Waals surface area contributed by atoms with E-state index in [2.05, 4.69) is 10.3 Å². The minimum atomic E-state index is -0.564. The molecule has 34 heavy (non-hydrogen) atoms. The third-order valence-electron chi connectivity index (χ3n) is 5.94. The van der Waals surface area contributed by atoms with E-state index >= 15 is 4.39 Å². The van der Waals surface area contributed by atoms with Gasteiger partial charge in [-0.05, 0) is 37.9 Å². The van der Waals surface area contributed by atoms with Gasteiger partial charge in [0, 0.05) is 56.5 Å². The molecule has 1 amide bonds. The van der Waals surface area contributed by atoms with Crippen molar-refractivity contribution in [3.63, 3.8) is 0 Å². The zero-order valence-corrected chi connectivity index (χ0v) is 19.3. The van der Waals surface area contributed by atoms with Crippen molar-refractivity contribution in [1.82, 2.24) is 15.2 Å². The van der Waals surface area contributed by atoms with Crippen LogP contribution < -0.4 is 15.0 Å². The minimum absolute atomic E-state index is 0.129. The molecule has 0 spiro atoms. The molecule has 6 nitrogen and oxygen atoms in total. The normalized spacial score (nSPS) is 14.5. The predicted molar refractivity (Wildman–Crippen MR) is 127 cm³/mol. The fourth-order valence-electron chi connectivity index (χ4n) is 4.06. The number of halogens is 2. The van der Waals surface area contributed by atoms with Crippen LogP contribution in [0.2, 0.25) is 0 Å². The van der Waals surface area contributed by atoms with Gasteiger partial charge in [0.2, 0.25) is 0 Å². The number of ether oxygens (including phenoxy) is 1. The highest BCUT2D eigenvalue weighted by molar-refractivity contribution is 5.99. The number of hydrogen-bond acceptors (Lipinski definition) is 5. The van der Waals surface area contributed by atoms with E-state index in [4.69, 9.17) is 4.74 Å². The van der Waals surface area contributed by atoms with E-state index in [1.165, 1.54) is 12.1 Å². The van der Waals surface area contributed by atoms with Gasteiger partial charge in [-0.15, -0.1) is 0 Å². The Balaban J connectivity index is 1.52. The van der Waals surface area contributed by atoms with E-state index < -0.39 is 11.9 Å². The lowest BCUT2D eigenvalue weighted by Crippen LogP contribution is -2.33. The average molecular weight is 467 g/mol. The van der Waals surface area contributed by atoms with Crippen molar-refractivity contribution in [3.8, 4) is 5.75 Å². The molecule has 1 N–H and O–H groups in total. The largest absolute Gasteiger partial charge is 0.485 e. The van der Waals surface area contributed by atoms with Crippen molar-refractivity contribution in [2.24, 2.45) is 0 Å². The van der Waals surface area contributed by atoms with Gasteiger partial charge in [0.1, 0.15) is 29.3 Å². The number of likely N-dealkylation sites (N-methyl/N-ethyl adjacent to an activating group) is 1. The van der Waals surface area contributed by atoms with Crippen molar-refractivity contribution in [2.75, 3.05) is 38.6 Å². The summed E-state index contributed by atoms with van der Waals surface area (Å²) in [5.74, 6) is -0.0868. The Kier molecular flexibility index (Phi) is 7.37. The second-order valence-electron chi connectivity index (χ2n) is 8.30. The number of nitrogens with one attached hydrogen (secondary N) is 1. The van der Waals surface area contributed by atoms with Crippen molar-refractivity contribution in [3.05, 3.63) is 89.1 Å². The number of fused-ring (bicyclic) bond motifs is 1. The maximum absolute atomic E-state index is 15.1. The number of aromatic nitrogens is 1. The molecule has 3 aromatic rings. The number of anilines is 1. The molecular formula is C26H28F2N4O2. The van der Waals surface area contributed by atoms with Gasteiger partial charge in [-0.2, -0.15) is 0 Å². The summed E-state index contributed by atoms with van der Waals surface area (Å²) in [4.78, 5) is 20.9. The van der Waals surface area contributed by atoms with Crippen LogP contribution in [0.5, 0.6) is 5.75 Å². The number of hydrogen-bond donors (Lipinski definition) is 1. The summed E-state index contributed by atoms with van der Waals surface area (Å²) < 4.78 is 35.4. The van der Waals surface area contributed by atoms with Gasteiger partial charge in [-0.3, -0.25) is 4.79 Å². The number of carbonyl (C=O) groups is 1. The molecule has 4 rings (SSSR count). The van der Waals surface area contributed by atoms with Crippen LogP contribution in [0, 0.1) is 11.6 Å². The zero-order chi connectivity index (χ0) is 24.1. The number of carbonyl (C=O) groups excluding carboxylic acids is 1. The van der Waals surface area contributed by atoms with Crippen LogP contribution in [0.3, 0.4) is 0 Å². The third-order valence-corrected chi connectivity index (χ3v) is 5.94. The number of amides is 1. The van der Waals surface area contributed by atoms with Gasteiger partial charge in [0.05, 0.1) is 5.56 Å². The number of rotatable bonds is 8. The molecule has 2 aromatic carbocycles. The first-order valence-corrected chi connectivity index (χ1v) is 11.3. The summed E-state index contributed by atoms with van der Waals surface area (Å²) in [5, 5.41) is 3.04. The van der Waals surface area contributed by atoms with E-state index in [0.29, 0.717) is 54.3 Å². The summed E-state index contributed by atoms with van der Waals surface area (Å²) in [5.41, 5.74) is 1.31. The second kappa shape index (κ2) is 10.6. The molecule has 1 aliphatic rings. The first-order valence-electron chi connectivity index (χ1n) is 11.3. The van der Waals surface area contributed by atoms with Crippen LogP contribution in [0.1, 0.15) is 34.0 Å². The SMILES string of the molecule is CNCCC(Oc1ccc(CN2CCN(C)c3ncccc3C2=O)c(F)c1)c1ccccc1F. The fourth-order valence-corrected chi connectivity index (χ4v) is 4.06. The lowest BCUT2D eigenvalue weighted by Gasteiger charge is -2.23. The molecular weight excluding hydrogens is 438 g/mol. The first-order chi connectivity index (χ1) is 16.5. The van der Waals surface area contributed by atoms with E-state index in [1.807, 2.05) is 19.0 Å². The third kappa shape index (κ3) is 5.17. The molecule has 0 saturated heterocycles. The maximum Gasteiger partial charge on any atom is 0.257 e. The second-order valence-corrected chi connectivity index (χ2v) is 8.30. The minimum Gasteiger partial charge on any atom is -0.485 e. The summed E-state index contributed by atoms with van der Waals surface area (Å²) >= 11 is 0.